The molecule has 5 heteroatoms. The number of carbonyl (C=O) groups excluding carboxylic acids is 1. The summed E-state index contributed by atoms with van der Waals surface area (Å²) >= 11 is 0. The van der Waals surface area contributed by atoms with E-state index in [0.29, 0.717) is 24.5 Å². The number of rotatable bonds is 4. The second-order valence-corrected chi connectivity index (χ2v) is 6.56. The number of nitrogens with zero attached hydrogens (tertiary/aromatic N) is 4. The van der Waals surface area contributed by atoms with Crippen LogP contribution in [-0.4, -0.2) is 57.7 Å². The van der Waals surface area contributed by atoms with E-state index in [0.717, 1.165) is 19.4 Å². The van der Waals surface area contributed by atoms with E-state index in [1.807, 2.05) is 23.9 Å². The lowest BCUT2D eigenvalue weighted by Crippen LogP contribution is -2.49. The van der Waals surface area contributed by atoms with Gasteiger partial charge in [-0.1, -0.05) is 6.92 Å². The maximum Gasteiger partial charge on any atom is 0.227 e. The van der Waals surface area contributed by atoms with Crippen molar-refractivity contribution >= 4 is 5.91 Å². The summed E-state index contributed by atoms with van der Waals surface area (Å²) in [4.78, 5) is 17.4. The smallest absolute Gasteiger partial charge is 0.227 e. The molecule has 1 aromatic rings. The molecule has 1 amide bonds. The number of amides is 1. The molecule has 0 spiro atoms. The Morgan fingerprint density at radius 2 is 2.05 bits per heavy atom. The normalized spacial score (nSPS) is 28.2. The Morgan fingerprint density at radius 3 is 2.71 bits per heavy atom. The molecule has 2 aliphatic rings. The van der Waals surface area contributed by atoms with Gasteiger partial charge in [-0.2, -0.15) is 5.10 Å². The van der Waals surface area contributed by atoms with Gasteiger partial charge in [-0.05, 0) is 45.3 Å². The molecular weight excluding hydrogens is 264 g/mol. The molecule has 0 unspecified atom stereocenters. The van der Waals surface area contributed by atoms with Crippen LogP contribution in [-0.2, 0) is 11.3 Å². The number of hydrogen-bond donors (Lipinski definition) is 0. The van der Waals surface area contributed by atoms with Crippen molar-refractivity contribution in [2.24, 2.45) is 5.92 Å². The molecule has 5 nitrogen and oxygen atoms in total. The van der Waals surface area contributed by atoms with Gasteiger partial charge >= 0.3 is 0 Å². The van der Waals surface area contributed by atoms with Gasteiger partial charge in [0.05, 0.1) is 12.5 Å². The van der Waals surface area contributed by atoms with Crippen LogP contribution in [0.2, 0.25) is 0 Å². The van der Waals surface area contributed by atoms with Crippen LogP contribution in [0.1, 0.15) is 32.6 Å². The zero-order chi connectivity index (χ0) is 14.8. The fourth-order valence-corrected chi connectivity index (χ4v) is 3.94. The standard InChI is InChI=1S/C16H26N4O/c1-13(12-19-10-5-8-17-19)16(21)20-11-4-7-15(20)14-6-3-9-18(14)2/h5,8,10,13-15H,3-4,6-7,9,11-12H2,1-2H3/t13-,14+,15+/m1/s1. The molecule has 0 saturated carbocycles. The molecule has 3 rings (SSSR count). The highest BCUT2D eigenvalue weighted by Gasteiger charge is 2.39. The van der Waals surface area contributed by atoms with Gasteiger partial charge in [0.15, 0.2) is 0 Å². The van der Waals surface area contributed by atoms with Crippen LogP contribution in [0.4, 0.5) is 0 Å². The SMILES string of the molecule is C[C@H](Cn1cccn1)C(=O)N1CCC[C@H]1[C@@H]1CCCN1C. The summed E-state index contributed by atoms with van der Waals surface area (Å²) in [6, 6.07) is 2.89. The number of likely N-dealkylation sites (tertiary alicyclic amines) is 2. The van der Waals surface area contributed by atoms with Crippen molar-refractivity contribution in [1.29, 1.82) is 0 Å². The maximum atomic E-state index is 12.8. The summed E-state index contributed by atoms with van der Waals surface area (Å²) in [6.45, 7) is 4.80. The minimum atomic E-state index is -0.00258. The fraction of sp³-hybridized carbons (Fsp3) is 0.750. The van der Waals surface area contributed by atoms with Crippen LogP contribution in [0.15, 0.2) is 18.5 Å². The van der Waals surface area contributed by atoms with Gasteiger partial charge in [-0.25, -0.2) is 0 Å². The van der Waals surface area contributed by atoms with Crippen molar-refractivity contribution in [1.82, 2.24) is 19.6 Å². The lowest BCUT2D eigenvalue weighted by Gasteiger charge is -2.34. The van der Waals surface area contributed by atoms with Crippen molar-refractivity contribution in [2.75, 3.05) is 20.1 Å². The predicted octanol–water partition coefficient (Wildman–Crippen LogP) is 1.60. The molecular formula is C16H26N4O. The Bertz CT molecular complexity index is 473. The summed E-state index contributed by atoms with van der Waals surface area (Å²) in [5, 5.41) is 4.21. The van der Waals surface area contributed by atoms with Crippen LogP contribution in [0.5, 0.6) is 0 Å². The van der Waals surface area contributed by atoms with Crippen LogP contribution < -0.4 is 0 Å². The third kappa shape index (κ3) is 2.98. The number of hydrogen-bond acceptors (Lipinski definition) is 3. The predicted molar refractivity (Wildman–Crippen MR) is 81.8 cm³/mol. The molecule has 2 fully saturated rings. The lowest BCUT2D eigenvalue weighted by molar-refractivity contribution is -0.137. The van der Waals surface area contributed by atoms with Crippen LogP contribution in [0.25, 0.3) is 0 Å². The van der Waals surface area contributed by atoms with Crippen LogP contribution in [0.3, 0.4) is 0 Å². The molecule has 1 aromatic heterocycles. The maximum absolute atomic E-state index is 12.8. The minimum Gasteiger partial charge on any atom is -0.338 e. The van der Waals surface area contributed by atoms with E-state index < -0.39 is 0 Å². The average Bonchev–Trinajstić information content (AvgIpc) is 3.18. The van der Waals surface area contributed by atoms with Gasteiger partial charge in [0.1, 0.15) is 0 Å². The van der Waals surface area contributed by atoms with E-state index in [4.69, 9.17) is 0 Å². The van der Waals surface area contributed by atoms with E-state index >= 15 is 0 Å². The molecule has 0 aromatic carbocycles. The third-order valence-electron chi connectivity index (χ3n) is 5.05. The van der Waals surface area contributed by atoms with Gasteiger partial charge < -0.3 is 9.80 Å². The number of carbonyl (C=O) groups is 1. The summed E-state index contributed by atoms with van der Waals surface area (Å²) in [5.74, 6) is 0.297. The topological polar surface area (TPSA) is 41.4 Å². The van der Waals surface area contributed by atoms with Gasteiger partial charge in [0.25, 0.3) is 0 Å². The first kappa shape index (κ1) is 14.6. The highest BCUT2D eigenvalue weighted by molar-refractivity contribution is 5.79. The second kappa shape index (κ2) is 6.18. The molecule has 21 heavy (non-hydrogen) atoms. The Balaban J connectivity index is 1.65. The first-order valence-electron chi connectivity index (χ1n) is 8.15. The van der Waals surface area contributed by atoms with Gasteiger partial charge in [0, 0.05) is 31.0 Å². The van der Waals surface area contributed by atoms with Crippen LogP contribution >= 0.6 is 0 Å². The molecule has 0 radical (unpaired) electrons. The van der Waals surface area contributed by atoms with E-state index in [1.165, 1.54) is 19.4 Å². The monoisotopic (exact) mass is 290 g/mol. The van der Waals surface area contributed by atoms with Gasteiger partial charge in [0.2, 0.25) is 5.91 Å². The van der Waals surface area contributed by atoms with Gasteiger partial charge in [-0.3, -0.25) is 9.48 Å². The minimum absolute atomic E-state index is 0.00258. The van der Waals surface area contributed by atoms with E-state index in [-0.39, 0.29) is 5.92 Å². The van der Waals surface area contributed by atoms with E-state index in [2.05, 4.69) is 21.9 Å². The molecule has 2 aliphatic heterocycles. The van der Waals surface area contributed by atoms with Gasteiger partial charge in [-0.15, -0.1) is 0 Å². The largest absolute Gasteiger partial charge is 0.338 e. The van der Waals surface area contributed by atoms with Crippen molar-refractivity contribution in [3.05, 3.63) is 18.5 Å². The van der Waals surface area contributed by atoms with E-state index in [9.17, 15) is 4.79 Å². The molecule has 0 N–H and O–H groups in total. The summed E-state index contributed by atoms with van der Waals surface area (Å²) < 4.78 is 1.86. The van der Waals surface area contributed by atoms with Crippen molar-refractivity contribution in [3.8, 4) is 0 Å². The molecule has 0 bridgehead atoms. The lowest BCUT2D eigenvalue weighted by atomic mass is 10.0. The highest BCUT2D eigenvalue weighted by Crippen LogP contribution is 2.30. The molecule has 3 heterocycles. The summed E-state index contributed by atoms with van der Waals surface area (Å²) in [5.41, 5.74) is 0. The Morgan fingerprint density at radius 1 is 1.29 bits per heavy atom. The average molecular weight is 290 g/mol. The Kier molecular flexibility index (Phi) is 4.29. The van der Waals surface area contributed by atoms with Crippen molar-refractivity contribution in [2.45, 2.75) is 51.2 Å². The molecule has 2 saturated heterocycles. The van der Waals surface area contributed by atoms with Crippen molar-refractivity contribution < 1.29 is 4.79 Å². The number of aromatic nitrogens is 2. The molecule has 3 atom stereocenters. The second-order valence-electron chi connectivity index (χ2n) is 6.56. The Hall–Kier alpha value is -1.36. The zero-order valence-electron chi connectivity index (χ0n) is 13.1. The quantitative estimate of drug-likeness (QED) is 0.846. The number of likely N-dealkylation sites (N-methyl/N-ethyl adjacent to an activating group) is 1. The zero-order valence-corrected chi connectivity index (χ0v) is 13.1. The summed E-state index contributed by atoms with van der Waals surface area (Å²) in [6.07, 6.45) is 8.50. The first-order valence-corrected chi connectivity index (χ1v) is 8.15. The fourth-order valence-electron chi connectivity index (χ4n) is 3.94. The third-order valence-corrected chi connectivity index (χ3v) is 5.05. The van der Waals surface area contributed by atoms with E-state index in [1.54, 1.807) is 6.20 Å². The summed E-state index contributed by atoms with van der Waals surface area (Å²) in [7, 11) is 2.20. The highest BCUT2D eigenvalue weighted by atomic mass is 16.2. The van der Waals surface area contributed by atoms with Crippen LogP contribution in [0, 0.1) is 5.92 Å². The Labute approximate surface area is 126 Å². The molecule has 0 aliphatic carbocycles. The first-order chi connectivity index (χ1) is 10.2. The molecule has 116 valence electrons. The van der Waals surface area contributed by atoms with Crippen molar-refractivity contribution in [3.63, 3.8) is 0 Å².